The molecule has 21 heavy (non-hydrogen) atoms. The van der Waals surface area contributed by atoms with Crippen molar-refractivity contribution in [2.45, 2.75) is 51.6 Å². The van der Waals surface area contributed by atoms with E-state index in [0.29, 0.717) is 6.54 Å². The Hall–Kier alpha value is -1.42. The molecular formula is C17H25FN2O. The third-order valence-corrected chi connectivity index (χ3v) is 4.30. The number of benzene rings is 1. The topological polar surface area (TPSA) is 32.3 Å². The minimum atomic E-state index is -0.245. The molecule has 0 saturated carbocycles. The van der Waals surface area contributed by atoms with Gasteiger partial charge in [-0.2, -0.15) is 0 Å². The maximum atomic E-state index is 13.0. The highest BCUT2D eigenvalue weighted by molar-refractivity contribution is 5.82. The first kappa shape index (κ1) is 16.0. The Morgan fingerprint density at radius 2 is 2.05 bits per heavy atom. The number of nitrogens with zero attached hydrogens (tertiary/aromatic N) is 1. The average molecular weight is 292 g/mol. The standard InChI is InChI=1S/C17H25FN2O/c1-3-20(13(2)14-8-10-15(18)11-9-14)17(21)16-7-5-4-6-12-19-16/h8-11,13,16,19H,3-7,12H2,1-2H3. The molecule has 1 aromatic rings. The fraction of sp³-hybridized carbons (Fsp3) is 0.588. The third kappa shape index (κ3) is 4.03. The van der Waals surface area contributed by atoms with Crippen LogP contribution in [-0.2, 0) is 4.79 Å². The van der Waals surface area contributed by atoms with Gasteiger partial charge in [0.05, 0.1) is 12.1 Å². The number of hydrogen-bond acceptors (Lipinski definition) is 2. The van der Waals surface area contributed by atoms with Gasteiger partial charge >= 0.3 is 0 Å². The first-order valence-corrected chi connectivity index (χ1v) is 7.92. The predicted molar refractivity (Wildman–Crippen MR) is 82.5 cm³/mol. The minimum Gasteiger partial charge on any atom is -0.335 e. The van der Waals surface area contributed by atoms with Crippen molar-refractivity contribution in [1.82, 2.24) is 10.2 Å². The first-order valence-electron chi connectivity index (χ1n) is 7.92. The summed E-state index contributed by atoms with van der Waals surface area (Å²) in [7, 11) is 0. The first-order chi connectivity index (χ1) is 10.1. The highest BCUT2D eigenvalue weighted by Gasteiger charge is 2.27. The van der Waals surface area contributed by atoms with Gasteiger partial charge in [-0.1, -0.05) is 25.0 Å². The molecule has 2 rings (SSSR count). The van der Waals surface area contributed by atoms with E-state index in [9.17, 15) is 9.18 Å². The normalized spacial score (nSPS) is 20.6. The number of carbonyl (C=O) groups excluding carboxylic acids is 1. The van der Waals surface area contributed by atoms with E-state index in [4.69, 9.17) is 0 Å². The van der Waals surface area contributed by atoms with Gasteiger partial charge in [-0.15, -0.1) is 0 Å². The highest BCUT2D eigenvalue weighted by Crippen LogP contribution is 2.22. The van der Waals surface area contributed by atoms with Crippen LogP contribution in [0.2, 0.25) is 0 Å². The molecule has 0 aliphatic carbocycles. The number of hydrogen-bond donors (Lipinski definition) is 1. The molecule has 2 atom stereocenters. The number of rotatable bonds is 4. The Morgan fingerprint density at radius 1 is 1.33 bits per heavy atom. The zero-order valence-corrected chi connectivity index (χ0v) is 12.9. The molecule has 3 nitrogen and oxygen atoms in total. The van der Waals surface area contributed by atoms with E-state index >= 15 is 0 Å². The number of carbonyl (C=O) groups is 1. The van der Waals surface area contributed by atoms with Crippen LogP contribution >= 0.6 is 0 Å². The summed E-state index contributed by atoms with van der Waals surface area (Å²) in [6.45, 7) is 5.58. The zero-order chi connectivity index (χ0) is 15.2. The largest absolute Gasteiger partial charge is 0.335 e. The maximum absolute atomic E-state index is 13.0. The molecule has 1 aliphatic heterocycles. The fourth-order valence-electron chi connectivity index (χ4n) is 2.98. The summed E-state index contributed by atoms with van der Waals surface area (Å²) in [5, 5.41) is 3.36. The molecule has 0 bridgehead atoms. The van der Waals surface area contributed by atoms with Crippen LogP contribution in [0.1, 0.15) is 51.1 Å². The second-order valence-electron chi connectivity index (χ2n) is 5.71. The Kier molecular flexibility index (Phi) is 5.74. The molecule has 1 aromatic carbocycles. The van der Waals surface area contributed by atoms with Crippen molar-refractivity contribution in [3.8, 4) is 0 Å². The second kappa shape index (κ2) is 7.55. The van der Waals surface area contributed by atoms with Crippen LogP contribution in [-0.4, -0.2) is 29.9 Å². The molecule has 1 heterocycles. The summed E-state index contributed by atoms with van der Waals surface area (Å²) in [6, 6.07) is 6.32. The summed E-state index contributed by atoms with van der Waals surface area (Å²) in [4.78, 5) is 14.6. The van der Waals surface area contributed by atoms with E-state index < -0.39 is 0 Å². The molecule has 0 radical (unpaired) electrons. The lowest BCUT2D eigenvalue weighted by Crippen LogP contribution is -2.47. The Balaban J connectivity index is 2.09. The van der Waals surface area contributed by atoms with Gasteiger partial charge in [0.1, 0.15) is 5.82 Å². The summed E-state index contributed by atoms with van der Waals surface area (Å²) < 4.78 is 13.0. The Bertz CT molecular complexity index is 452. The van der Waals surface area contributed by atoms with Crippen molar-refractivity contribution < 1.29 is 9.18 Å². The maximum Gasteiger partial charge on any atom is 0.240 e. The molecule has 1 fully saturated rings. The molecule has 1 N–H and O–H groups in total. The SMILES string of the molecule is CCN(C(=O)C1CCCCCN1)C(C)c1ccc(F)cc1. The fourth-order valence-corrected chi connectivity index (χ4v) is 2.98. The van der Waals surface area contributed by atoms with E-state index in [1.807, 2.05) is 18.7 Å². The molecule has 116 valence electrons. The second-order valence-corrected chi connectivity index (χ2v) is 5.71. The monoisotopic (exact) mass is 292 g/mol. The molecule has 0 aromatic heterocycles. The molecule has 1 aliphatic rings. The average Bonchev–Trinajstić information content (AvgIpc) is 2.77. The lowest BCUT2D eigenvalue weighted by molar-refractivity contribution is -0.135. The van der Waals surface area contributed by atoms with E-state index in [1.54, 1.807) is 12.1 Å². The minimum absolute atomic E-state index is 0.0341. The predicted octanol–water partition coefficient (Wildman–Crippen LogP) is 3.27. The Morgan fingerprint density at radius 3 is 2.71 bits per heavy atom. The van der Waals surface area contributed by atoms with Crippen molar-refractivity contribution in [1.29, 1.82) is 0 Å². The summed E-state index contributed by atoms with van der Waals surface area (Å²) in [5.74, 6) is -0.0815. The molecule has 1 saturated heterocycles. The lowest BCUT2D eigenvalue weighted by Gasteiger charge is -2.32. The van der Waals surface area contributed by atoms with E-state index in [-0.39, 0.29) is 23.8 Å². The molecule has 1 amide bonds. The van der Waals surface area contributed by atoms with Crippen molar-refractivity contribution in [3.63, 3.8) is 0 Å². The van der Waals surface area contributed by atoms with Gasteiger partial charge < -0.3 is 10.2 Å². The van der Waals surface area contributed by atoms with Crippen LogP contribution in [0.4, 0.5) is 4.39 Å². The van der Waals surface area contributed by atoms with Crippen molar-refractivity contribution >= 4 is 5.91 Å². The van der Waals surface area contributed by atoms with Crippen molar-refractivity contribution in [3.05, 3.63) is 35.6 Å². The van der Waals surface area contributed by atoms with Crippen LogP contribution in [0.25, 0.3) is 0 Å². The smallest absolute Gasteiger partial charge is 0.240 e. The van der Waals surface area contributed by atoms with Crippen LogP contribution < -0.4 is 5.32 Å². The van der Waals surface area contributed by atoms with E-state index in [2.05, 4.69) is 5.32 Å². The molecular weight excluding hydrogens is 267 g/mol. The summed E-state index contributed by atoms with van der Waals surface area (Å²) in [6.07, 6.45) is 4.34. The number of nitrogens with one attached hydrogen (secondary N) is 1. The summed E-state index contributed by atoms with van der Waals surface area (Å²) >= 11 is 0. The number of likely N-dealkylation sites (N-methyl/N-ethyl adjacent to an activating group) is 1. The zero-order valence-electron chi connectivity index (χ0n) is 12.9. The Labute approximate surface area is 126 Å². The van der Waals surface area contributed by atoms with Crippen LogP contribution in [0, 0.1) is 5.82 Å². The summed E-state index contributed by atoms with van der Waals surface area (Å²) in [5.41, 5.74) is 0.972. The quantitative estimate of drug-likeness (QED) is 0.923. The number of halogens is 1. The van der Waals surface area contributed by atoms with Gasteiger partial charge in [0.25, 0.3) is 0 Å². The van der Waals surface area contributed by atoms with Crippen molar-refractivity contribution in [2.24, 2.45) is 0 Å². The van der Waals surface area contributed by atoms with Gasteiger partial charge in [-0.3, -0.25) is 4.79 Å². The van der Waals surface area contributed by atoms with Gasteiger partial charge in [-0.25, -0.2) is 4.39 Å². The molecule has 2 unspecified atom stereocenters. The third-order valence-electron chi connectivity index (χ3n) is 4.30. The molecule has 4 heteroatoms. The van der Waals surface area contributed by atoms with E-state index in [1.165, 1.54) is 18.6 Å². The van der Waals surface area contributed by atoms with Crippen molar-refractivity contribution in [2.75, 3.05) is 13.1 Å². The highest BCUT2D eigenvalue weighted by atomic mass is 19.1. The van der Waals surface area contributed by atoms with Gasteiger partial charge in [0, 0.05) is 6.54 Å². The molecule has 0 spiro atoms. The number of amides is 1. The van der Waals surface area contributed by atoms with Crippen LogP contribution in [0.3, 0.4) is 0 Å². The van der Waals surface area contributed by atoms with Crippen LogP contribution in [0.5, 0.6) is 0 Å². The van der Waals surface area contributed by atoms with Gasteiger partial charge in [0.2, 0.25) is 5.91 Å². The van der Waals surface area contributed by atoms with Gasteiger partial charge in [-0.05, 0) is 50.9 Å². The van der Waals surface area contributed by atoms with Gasteiger partial charge in [0.15, 0.2) is 0 Å². The van der Waals surface area contributed by atoms with E-state index in [0.717, 1.165) is 31.4 Å². The lowest BCUT2D eigenvalue weighted by atomic mass is 10.0. The van der Waals surface area contributed by atoms with Crippen LogP contribution in [0.15, 0.2) is 24.3 Å².